The quantitative estimate of drug-likeness (QED) is 0.407. The van der Waals surface area contributed by atoms with Crippen LogP contribution < -0.4 is 10.1 Å². The maximum Gasteiger partial charge on any atom is 0.258 e. The average molecular weight is 453 g/mol. The van der Waals surface area contributed by atoms with Gasteiger partial charge in [0.05, 0.1) is 18.7 Å². The van der Waals surface area contributed by atoms with Gasteiger partial charge in [-0.2, -0.15) is 4.98 Å². The van der Waals surface area contributed by atoms with Gasteiger partial charge in [0, 0.05) is 22.7 Å². The van der Waals surface area contributed by atoms with Crippen LogP contribution in [0.5, 0.6) is 5.75 Å². The van der Waals surface area contributed by atoms with E-state index in [0.717, 1.165) is 34.7 Å². The van der Waals surface area contributed by atoms with E-state index in [1.807, 2.05) is 48.2 Å². The Bertz CT molecular complexity index is 1120. The lowest BCUT2D eigenvalue weighted by atomic mass is 9.94. The van der Waals surface area contributed by atoms with Gasteiger partial charge in [-0.25, -0.2) is 0 Å². The highest BCUT2D eigenvalue weighted by Crippen LogP contribution is 2.38. The Morgan fingerprint density at radius 2 is 2.00 bits per heavy atom. The molecular weight excluding hydrogens is 428 g/mol. The second kappa shape index (κ2) is 9.11. The zero-order chi connectivity index (χ0) is 22.0. The fourth-order valence-corrected chi connectivity index (χ4v) is 4.49. The first kappa shape index (κ1) is 21.4. The summed E-state index contributed by atoms with van der Waals surface area (Å²) in [5.74, 6) is 1.81. The predicted molar refractivity (Wildman–Crippen MR) is 128 cm³/mol. The summed E-state index contributed by atoms with van der Waals surface area (Å²) < 4.78 is 11.2. The van der Waals surface area contributed by atoms with Crippen LogP contribution in [0, 0.1) is 0 Å². The lowest BCUT2D eigenvalue weighted by molar-refractivity contribution is 0.397. The molecule has 8 heteroatoms. The van der Waals surface area contributed by atoms with Crippen LogP contribution >= 0.6 is 24.0 Å². The van der Waals surface area contributed by atoms with Crippen LogP contribution in [0.4, 0.5) is 0 Å². The molecule has 0 radical (unpaired) electrons. The van der Waals surface area contributed by atoms with Crippen molar-refractivity contribution in [1.82, 2.24) is 20.4 Å². The van der Waals surface area contributed by atoms with Crippen molar-refractivity contribution in [1.29, 1.82) is 0 Å². The average Bonchev–Trinajstić information content (AvgIpc) is 3.28. The molecule has 6 nitrogen and oxygen atoms in total. The number of hydrogen-bond acceptors (Lipinski definition) is 6. The Morgan fingerprint density at radius 3 is 2.68 bits per heavy atom. The minimum atomic E-state index is -0.224. The maximum atomic E-state index is 5.76. The largest absolute Gasteiger partial charge is 0.497 e. The van der Waals surface area contributed by atoms with Gasteiger partial charge in [0.15, 0.2) is 5.11 Å². The second-order valence-electron chi connectivity index (χ2n) is 7.05. The Morgan fingerprint density at radius 1 is 1.23 bits per heavy atom. The van der Waals surface area contributed by atoms with Gasteiger partial charge in [-0.15, -0.1) is 11.8 Å². The number of benzene rings is 2. The SMILES string of the molecule is CCN1C(=S)NC(c2cccc(OC)c2)C(c2nc(-c3ccc(SC)cc3)no2)=C1C. The molecule has 160 valence electrons. The highest BCUT2D eigenvalue weighted by atomic mass is 32.2. The van der Waals surface area contributed by atoms with E-state index in [-0.39, 0.29) is 6.04 Å². The molecule has 4 rings (SSSR count). The van der Waals surface area contributed by atoms with Gasteiger partial charge in [-0.05, 0) is 74.3 Å². The first-order chi connectivity index (χ1) is 15.0. The van der Waals surface area contributed by atoms with E-state index in [2.05, 4.69) is 35.8 Å². The molecule has 1 aliphatic heterocycles. The van der Waals surface area contributed by atoms with Crippen molar-refractivity contribution in [2.45, 2.75) is 24.8 Å². The smallest absolute Gasteiger partial charge is 0.258 e. The van der Waals surface area contributed by atoms with Crippen molar-refractivity contribution in [3.63, 3.8) is 0 Å². The monoisotopic (exact) mass is 452 g/mol. The number of hydrogen-bond donors (Lipinski definition) is 1. The maximum absolute atomic E-state index is 5.76. The summed E-state index contributed by atoms with van der Waals surface area (Å²) in [4.78, 5) is 7.97. The molecule has 1 unspecified atom stereocenters. The van der Waals surface area contributed by atoms with E-state index >= 15 is 0 Å². The number of nitrogens with zero attached hydrogens (tertiary/aromatic N) is 3. The Kier molecular flexibility index (Phi) is 6.29. The zero-order valence-corrected chi connectivity index (χ0v) is 19.5. The number of ether oxygens (including phenoxy) is 1. The molecule has 2 aromatic carbocycles. The van der Waals surface area contributed by atoms with Crippen molar-refractivity contribution in [3.05, 3.63) is 65.7 Å². The summed E-state index contributed by atoms with van der Waals surface area (Å²) in [5.41, 5.74) is 3.82. The summed E-state index contributed by atoms with van der Waals surface area (Å²) >= 11 is 7.33. The lowest BCUT2D eigenvalue weighted by Crippen LogP contribution is -2.45. The summed E-state index contributed by atoms with van der Waals surface area (Å²) in [6.07, 6.45) is 2.05. The number of thioether (sulfide) groups is 1. The van der Waals surface area contributed by atoms with Crippen molar-refractivity contribution >= 4 is 34.7 Å². The van der Waals surface area contributed by atoms with Crippen LogP contribution in [0.3, 0.4) is 0 Å². The van der Waals surface area contributed by atoms with Crippen LogP contribution in [0.2, 0.25) is 0 Å². The number of allylic oxidation sites excluding steroid dienone is 1. The third kappa shape index (κ3) is 4.18. The number of rotatable bonds is 6. The third-order valence-corrected chi connectivity index (χ3v) is 6.43. The van der Waals surface area contributed by atoms with E-state index in [9.17, 15) is 0 Å². The van der Waals surface area contributed by atoms with Gasteiger partial charge in [0.2, 0.25) is 5.82 Å². The van der Waals surface area contributed by atoms with E-state index in [4.69, 9.17) is 26.5 Å². The molecule has 0 saturated heterocycles. The van der Waals surface area contributed by atoms with Crippen molar-refractivity contribution in [2.24, 2.45) is 0 Å². The molecule has 1 N–H and O–H groups in total. The van der Waals surface area contributed by atoms with Gasteiger partial charge in [-0.3, -0.25) is 0 Å². The van der Waals surface area contributed by atoms with E-state index in [0.29, 0.717) is 16.8 Å². The summed E-state index contributed by atoms with van der Waals surface area (Å²) in [6.45, 7) is 4.84. The predicted octanol–water partition coefficient (Wildman–Crippen LogP) is 5.15. The van der Waals surface area contributed by atoms with Gasteiger partial charge in [0.25, 0.3) is 5.89 Å². The normalized spacial score (nSPS) is 16.5. The van der Waals surface area contributed by atoms with E-state index in [1.54, 1.807) is 18.9 Å². The summed E-state index contributed by atoms with van der Waals surface area (Å²) in [7, 11) is 1.66. The number of nitrogens with one attached hydrogen (secondary N) is 1. The van der Waals surface area contributed by atoms with Gasteiger partial charge in [0.1, 0.15) is 5.75 Å². The molecule has 31 heavy (non-hydrogen) atoms. The number of thiocarbonyl (C=S) groups is 1. The van der Waals surface area contributed by atoms with E-state index in [1.165, 1.54) is 4.90 Å². The van der Waals surface area contributed by atoms with Crippen LogP contribution in [-0.2, 0) is 0 Å². The molecule has 1 aliphatic rings. The highest BCUT2D eigenvalue weighted by molar-refractivity contribution is 7.98. The fourth-order valence-electron chi connectivity index (χ4n) is 3.70. The fraction of sp³-hybridized carbons (Fsp3) is 0.261. The minimum absolute atomic E-state index is 0.224. The van der Waals surface area contributed by atoms with Gasteiger partial charge in [-0.1, -0.05) is 17.3 Å². The standard InChI is InChI=1S/C23H24N4O2S2/c1-5-27-14(2)19(20(24-23(27)30)16-7-6-8-17(13-16)28-3)22-25-21(26-29-22)15-9-11-18(31-4)12-10-15/h6-13,20H,5H2,1-4H3,(H,24,30). The first-order valence-electron chi connectivity index (χ1n) is 9.97. The molecular formula is C23H24N4O2S2. The third-order valence-electron chi connectivity index (χ3n) is 5.34. The van der Waals surface area contributed by atoms with Crippen LogP contribution in [-0.4, -0.2) is 40.1 Å². The van der Waals surface area contributed by atoms with Gasteiger partial charge >= 0.3 is 0 Å². The van der Waals surface area contributed by atoms with Crippen LogP contribution in [0.15, 0.2) is 63.6 Å². The van der Waals surface area contributed by atoms with Gasteiger partial charge < -0.3 is 19.5 Å². The zero-order valence-electron chi connectivity index (χ0n) is 17.9. The Hall–Kier alpha value is -2.84. The van der Waals surface area contributed by atoms with E-state index < -0.39 is 0 Å². The van der Waals surface area contributed by atoms with Crippen molar-refractivity contribution < 1.29 is 9.26 Å². The molecule has 0 spiro atoms. The second-order valence-corrected chi connectivity index (χ2v) is 8.32. The van der Waals surface area contributed by atoms with Crippen LogP contribution in [0.1, 0.15) is 31.3 Å². The molecule has 0 fully saturated rings. The van der Waals surface area contributed by atoms with Crippen LogP contribution in [0.25, 0.3) is 17.0 Å². The molecule has 0 aliphatic carbocycles. The molecule has 1 atom stereocenters. The highest BCUT2D eigenvalue weighted by Gasteiger charge is 2.33. The lowest BCUT2D eigenvalue weighted by Gasteiger charge is -2.36. The number of methoxy groups -OCH3 is 1. The van der Waals surface area contributed by atoms with Crippen molar-refractivity contribution in [3.8, 4) is 17.1 Å². The Labute approximate surface area is 191 Å². The molecule has 0 amide bonds. The summed E-state index contributed by atoms with van der Waals surface area (Å²) in [5, 5.41) is 8.36. The Balaban J connectivity index is 1.78. The minimum Gasteiger partial charge on any atom is -0.497 e. The summed E-state index contributed by atoms with van der Waals surface area (Å²) in [6, 6.07) is 15.8. The van der Waals surface area contributed by atoms with Crippen molar-refractivity contribution in [2.75, 3.05) is 19.9 Å². The number of aromatic nitrogens is 2. The topological polar surface area (TPSA) is 63.4 Å². The molecule has 3 aromatic rings. The molecule has 0 saturated carbocycles. The molecule has 2 heterocycles. The molecule has 1 aromatic heterocycles. The molecule has 0 bridgehead atoms. The first-order valence-corrected chi connectivity index (χ1v) is 11.6.